The molecule has 2 N–H and O–H groups in total. The van der Waals surface area contributed by atoms with Gasteiger partial charge in [0.25, 0.3) is 0 Å². The van der Waals surface area contributed by atoms with E-state index >= 15 is 0 Å². The fraction of sp³-hybridized carbons (Fsp3) is 0.286. The summed E-state index contributed by atoms with van der Waals surface area (Å²) in [5.41, 5.74) is 1.12. The summed E-state index contributed by atoms with van der Waals surface area (Å²) in [5, 5.41) is 20.4. The summed E-state index contributed by atoms with van der Waals surface area (Å²) in [6.45, 7) is 1.13. The third kappa shape index (κ3) is 3.54. The van der Waals surface area contributed by atoms with Crippen LogP contribution in [-0.2, 0) is 13.2 Å². The number of nitrogens with one attached hydrogen (secondary N) is 1. The molecule has 0 saturated carbocycles. The van der Waals surface area contributed by atoms with Gasteiger partial charge < -0.3 is 10.4 Å². The van der Waals surface area contributed by atoms with Gasteiger partial charge in [0.2, 0.25) is 0 Å². The molecule has 120 valence electrons. The Labute approximate surface area is 136 Å². The standard InChI is InChI=1S/C14H14ClFN6O/c15-11-5-13-10(4-12(11)16)14(19-8-18-13)17-2-1-3-22-6-9(7-23)20-21-22/h4-6,8,23H,1-3,7H2,(H,17,18,19). The number of aryl methyl sites for hydroxylation is 1. The van der Waals surface area contributed by atoms with E-state index in [0.29, 0.717) is 35.5 Å². The van der Waals surface area contributed by atoms with Gasteiger partial charge in [0.1, 0.15) is 23.7 Å². The largest absolute Gasteiger partial charge is 0.390 e. The van der Waals surface area contributed by atoms with Crippen LogP contribution >= 0.6 is 11.6 Å². The zero-order chi connectivity index (χ0) is 16.2. The molecule has 2 heterocycles. The van der Waals surface area contributed by atoms with E-state index in [1.54, 1.807) is 10.9 Å². The maximum atomic E-state index is 13.6. The molecule has 0 amide bonds. The highest BCUT2D eigenvalue weighted by Gasteiger charge is 2.08. The molecule has 0 aliphatic carbocycles. The molecule has 0 spiro atoms. The van der Waals surface area contributed by atoms with Crippen molar-refractivity contribution in [3.8, 4) is 0 Å². The molecule has 9 heteroatoms. The van der Waals surface area contributed by atoms with Gasteiger partial charge in [-0.25, -0.2) is 14.4 Å². The molecule has 2 aromatic heterocycles. The van der Waals surface area contributed by atoms with Crippen LogP contribution in [0.3, 0.4) is 0 Å². The minimum absolute atomic E-state index is 0.0352. The van der Waals surface area contributed by atoms with Crippen LogP contribution in [-0.4, -0.2) is 36.6 Å². The number of hydrogen-bond donors (Lipinski definition) is 2. The summed E-state index contributed by atoms with van der Waals surface area (Å²) in [6.07, 6.45) is 3.86. The lowest BCUT2D eigenvalue weighted by Gasteiger charge is -2.08. The lowest BCUT2D eigenvalue weighted by atomic mass is 10.2. The number of rotatable bonds is 6. The van der Waals surface area contributed by atoms with Gasteiger partial charge in [-0.3, -0.25) is 4.68 Å². The highest BCUT2D eigenvalue weighted by Crippen LogP contribution is 2.25. The Morgan fingerprint density at radius 3 is 2.96 bits per heavy atom. The first-order valence-electron chi connectivity index (χ1n) is 7.01. The number of benzene rings is 1. The van der Waals surface area contributed by atoms with Gasteiger partial charge in [0.05, 0.1) is 23.3 Å². The van der Waals surface area contributed by atoms with Gasteiger partial charge in [0, 0.05) is 18.5 Å². The van der Waals surface area contributed by atoms with Crippen molar-refractivity contribution in [1.82, 2.24) is 25.0 Å². The fourth-order valence-corrected chi connectivity index (χ4v) is 2.32. The van der Waals surface area contributed by atoms with Crippen molar-refractivity contribution in [1.29, 1.82) is 0 Å². The molecular formula is C14H14ClFN6O. The maximum absolute atomic E-state index is 13.6. The molecule has 0 atom stereocenters. The van der Waals surface area contributed by atoms with Crippen molar-refractivity contribution in [3.63, 3.8) is 0 Å². The molecule has 0 aliphatic rings. The summed E-state index contributed by atoms with van der Waals surface area (Å²) < 4.78 is 15.3. The highest BCUT2D eigenvalue weighted by molar-refractivity contribution is 6.31. The smallest absolute Gasteiger partial charge is 0.142 e. The van der Waals surface area contributed by atoms with Crippen LogP contribution in [0.15, 0.2) is 24.7 Å². The number of aromatic nitrogens is 5. The number of aliphatic hydroxyl groups excluding tert-OH is 1. The summed E-state index contributed by atoms with van der Waals surface area (Å²) in [6, 6.07) is 2.80. The molecule has 1 aromatic carbocycles. The molecule has 23 heavy (non-hydrogen) atoms. The number of halogens is 2. The first kappa shape index (κ1) is 15.6. The third-order valence-electron chi connectivity index (χ3n) is 3.28. The van der Waals surface area contributed by atoms with Crippen molar-refractivity contribution in [2.75, 3.05) is 11.9 Å². The van der Waals surface area contributed by atoms with Crippen molar-refractivity contribution in [2.24, 2.45) is 0 Å². The zero-order valence-electron chi connectivity index (χ0n) is 12.1. The Morgan fingerprint density at radius 2 is 2.17 bits per heavy atom. The minimum Gasteiger partial charge on any atom is -0.390 e. The Hall–Kier alpha value is -2.32. The number of aliphatic hydroxyl groups is 1. The van der Waals surface area contributed by atoms with Crippen LogP contribution in [0.5, 0.6) is 0 Å². The normalized spacial score (nSPS) is 11.1. The van der Waals surface area contributed by atoms with E-state index < -0.39 is 5.82 Å². The fourth-order valence-electron chi connectivity index (χ4n) is 2.16. The molecule has 0 radical (unpaired) electrons. The van der Waals surface area contributed by atoms with E-state index in [4.69, 9.17) is 16.7 Å². The first-order valence-corrected chi connectivity index (χ1v) is 7.38. The van der Waals surface area contributed by atoms with Gasteiger partial charge in [-0.05, 0) is 18.6 Å². The van der Waals surface area contributed by atoms with Crippen LogP contribution in [0.2, 0.25) is 5.02 Å². The van der Waals surface area contributed by atoms with Crippen molar-refractivity contribution in [2.45, 2.75) is 19.6 Å². The predicted octanol–water partition coefficient (Wildman–Crippen LogP) is 2.01. The molecule has 7 nitrogen and oxygen atoms in total. The Morgan fingerprint density at radius 1 is 1.30 bits per heavy atom. The molecule has 0 aliphatic heterocycles. The quantitative estimate of drug-likeness (QED) is 0.669. The van der Waals surface area contributed by atoms with Gasteiger partial charge in [-0.2, -0.15) is 0 Å². The monoisotopic (exact) mass is 336 g/mol. The summed E-state index contributed by atoms with van der Waals surface area (Å²) in [5.74, 6) is 0.0522. The zero-order valence-corrected chi connectivity index (χ0v) is 12.8. The molecule has 3 aromatic rings. The molecule has 0 fully saturated rings. The lowest BCUT2D eigenvalue weighted by Crippen LogP contribution is -2.09. The van der Waals surface area contributed by atoms with Crippen molar-refractivity contribution < 1.29 is 9.50 Å². The van der Waals surface area contributed by atoms with Crippen LogP contribution in [0.1, 0.15) is 12.1 Å². The second-order valence-corrected chi connectivity index (χ2v) is 5.32. The number of anilines is 1. The van der Waals surface area contributed by atoms with Gasteiger partial charge in [0.15, 0.2) is 0 Å². The summed E-state index contributed by atoms with van der Waals surface area (Å²) in [4.78, 5) is 8.22. The van der Waals surface area contributed by atoms with E-state index in [1.807, 2.05) is 0 Å². The maximum Gasteiger partial charge on any atom is 0.142 e. The van der Waals surface area contributed by atoms with Crippen LogP contribution < -0.4 is 5.32 Å². The van der Waals surface area contributed by atoms with E-state index in [9.17, 15) is 4.39 Å². The summed E-state index contributed by atoms with van der Waals surface area (Å²) >= 11 is 5.76. The van der Waals surface area contributed by atoms with Gasteiger partial charge in [-0.15, -0.1) is 5.10 Å². The SMILES string of the molecule is OCc1cn(CCCNc2ncnc3cc(Cl)c(F)cc23)nn1. The Bertz CT molecular complexity index is 824. The van der Waals surface area contributed by atoms with E-state index in [1.165, 1.54) is 18.5 Å². The molecule has 0 bridgehead atoms. The average Bonchev–Trinajstić information content (AvgIpc) is 3.01. The molecule has 0 saturated heterocycles. The van der Waals surface area contributed by atoms with Crippen LogP contribution in [0.4, 0.5) is 10.2 Å². The topological polar surface area (TPSA) is 88.8 Å². The van der Waals surface area contributed by atoms with E-state index in [0.717, 1.165) is 6.42 Å². The van der Waals surface area contributed by atoms with Gasteiger partial charge in [-0.1, -0.05) is 16.8 Å². The number of nitrogens with zero attached hydrogens (tertiary/aromatic N) is 5. The molecule has 0 unspecified atom stereocenters. The van der Waals surface area contributed by atoms with Gasteiger partial charge >= 0.3 is 0 Å². The van der Waals surface area contributed by atoms with Crippen LogP contribution in [0.25, 0.3) is 10.9 Å². The number of hydrogen-bond acceptors (Lipinski definition) is 6. The first-order chi connectivity index (χ1) is 11.2. The summed E-state index contributed by atoms with van der Waals surface area (Å²) in [7, 11) is 0. The van der Waals surface area contributed by atoms with E-state index in [2.05, 4.69) is 25.6 Å². The predicted molar refractivity (Wildman–Crippen MR) is 83.6 cm³/mol. The molecular weight excluding hydrogens is 323 g/mol. The van der Waals surface area contributed by atoms with Crippen molar-refractivity contribution in [3.05, 3.63) is 41.2 Å². The minimum atomic E-state index is -0.504. The number of fused-ring (bicyclic) bond motifs is 1. The second-order valence-electron chi connectivity index (χ2n) is 4.92. The highest BCUT2D eigenvalue weighted by atomic mass is 35.5. The Kier molecular flexibility index (Phi) is 4.63. The molecule has 3 rings (SSSR count). The second kappa shape index (κ2) is 6.84. The van der Waals surface area contributed by atoms with E-state index in [-0.39, 0.29) is 11.6 Å². The lowest BCUT2D eigenvalue weighted by molar-refractivity contribution is 0.276. The third-order valence-corrected chi connectivity index (χ3v) is 3.57. The van der Waals surface area contributed by atoms with Crippen molar-refractivity contribution >= 4 is 28.3 Å². The Balaban J connectivity index is 1.64. The van der Waals surface area contributed by atoms with Crippen LogP contribution in [0, 0.1) is 5.82 Å². The average molecular weight is 337 g/mol.